The maximum atomic E-state index is 5.67. The summed E-state index contributed by atoms with van der Waals surface area (Å²) < 4.78 is 11.3. The third-order valence-electron chi connectivity index (χ3n) is 2.44. The highest BCUT2D eigenvalue weighted by Gasteiger charge is 2.21. The van der Waals surface area contributed by atoms with Gasteiger partial charge >= 0.3 is 0 Å². The van der Waals surface area contributed by atoms with Crippen molar-refractivity contribution in [3.05, 3.63) is 0 Å². The molecule has 0 spiro atoms. The van der Waals surface area contributed by atoms with E-state index in [1.807, 2.05) is 27.7 Å². The summed E-state index contributed by atoms with van der Waals surface area (Å²) in [6.07, 6.45) is 4.35. The van der Waals surface area contributed by atoms with Crippen molar-refractivity contribution < 1.29 is 9.47 Å². The molecule has 0 radical (unpaired) electrons. The van der Waals surface area contributed by atoms with E-state index in [4.69, 9.17) is 9.47 Å². The maximum absolute atomic E-state index is 5.67. The lowest BCUT2D eigenvalue weighted by molar-refractivity contribution is -0.0456. The van der Waals surface area contributed by atoms with Crippen molar-refractivity contribution in [1.29, 1.82) is 0 Å². The average molecular weight is 258 g/mol. The van der Waals surface area contributed by atoms with Crippen LogP contribution in [0.25, 0.3) is 0 Å². The van der Waals surface area contributed by atoms with Crippen LogP contribution in [0.3, 0.4) is 0 Å². The fraction of sp³-hybridized carbons (Fsp3) is 1.00. The van der Waals surface area contributed by atoms with Gasteiger partial charge in [0.15, 0.2) is 11.4 Å². The van der Waals surface area contributed by atoms with E-state index in [2.05, 4.69) is 24.1 Å². The number of hydrogen-bond donors (Lipinski definition) is 0. The first-order valence-corrected chi connectivity index (χ1v) is 7.05. The molecule has 4 nitrogen and oxygen atoms in total. The van der Waals surface area contributed by atoms with Gasteiger partial charge in [0.2, 0.25) is 0 Å². The fourth-order valence-corrected chi connectivity index (χ4v) is 1.23. The zero-order chi connectivity index (χ0) is 14.1. The summed E-state index contributed by atoms with van der Waals surface area (Å²) in [5, 5.41) is 8.51. The van der Waals surface area contributed by atoms with Crippen LogP contribution in [0.1, 0.15) is 67.2 Å². The van der Waals surface area contributed by atoms with Gasteiger partial charge in [0, 0.05) is 13.2 Å². The Morgan fingerprint density at radius 3 is 1.33 bits per heavy atom. The first kappa shape index (κ1) is 17.5. The fourth-order valence-electron chi connectivity index (χ4n) is 1.23. The van der Waals surface area contributed by atoms with Gasteiger partial charge in [-0.1, -0.05) is 26.7 Å². The summed E-state index contributed by atoms with van der Waals surface area (Å²) in [6.45, 7) is 13.4. The molecule has 0 saturated heterocycles. The van der Waals surface area contributed by atoms with Crippen LogP contribution < -0.4 is 0 Å². The molecular weight excluding hydrogens is 228 g/mol. The lowest BCUT2D eigenvalue weighted by Gasteiger charge is -2.23. The number of nitrogens with zero attached hydrogens (tertiary/aromatic N) is 2. The topological polar surface area (TPSA) is 43.2 Å². The van der Waals surface area contributed by atoms with Crippen molar-refractivity contribution in [2.45, 2.75) is 78.7 Å². The van der Waals surface area contributed by atoms with E-state index in [0.29, 0.717) is 0 Å². The Morgan fingerprint density at radius 1 is 0.722 bits per heavy atom. The van der Waals surface area contributed by atoms with Gasteiger partial charge in [-0.3, -0.25) is 0 Å². The second kappa shape index (κ2) is 8.59. The number of ether oxygens (including phenoxy) is 2. The lowest BCUT2D eigenvalue weighted by atomic mass is 10.3. The highest BCUT2D eigenvalue weighted by molar-refractivity contribution is 4.67. The minimum atomic E-state index is -0.569. The quantitative estimate of drug-likeness (QED) is 0.426. The van der Waals surface area contributed by atoms with Crippen LogP contribution in [0.2, 0.25) is 0 Å². The Labute approximate surface area is 112 Å². The van der Waals surface area contributed by atoms with Gasteiger partial charge in [-0.25, -0.2) is 0 Å². The van der Waals surface area contributed by atoms with E-state index in [1.165, 1.54) is 0 Å². The van der Waals surface area contributed by atoms with Crippen molar-refractivity contribution in [2.24, 2.45) is 10.2 Å². The smallest absolute Gasteiger partial charge is 0.173 e. The first-order valence-electron chi connectivity index (χ1n) is 7.05. The molecule has 0 amide bonds. The molecule has 18 heavy (non-hydrogen) atoms. The Balaban J connectivity index is 4.14. The highest BCUT2D eigenvalue weighted by atomic mass is 16.5. The van der Waals surface area contributed by atoms with E-state index >= 15 is 0 Å². The molecule has 0 aromatic rings. The predicted octanol–water partition coefficient (Wildman–Crippen LogP) is 4.54. The Kier molecular flexibility index (Phi) is 8.36. The van der Waals surface area contributed by atoms with Crippen molar-refractivity contribution >= 4 is 0 Å². The molecule has 0 aliphatic rings. The van der Waals surface area contributed by atoms with Crippen molar-refractivity contribution in [3.8, 4) is 0 Å². The molecule has 0 heterocycles. The summed E-state index contributed by atoms with van der Waals surface area (Å²) >= 11 is 0. The van der Waals surface area contributed by atoms with E-state index in [1.54, 1.807) is 0 Å². The Morgan fingerprint density at radius 2 is 1.06 bits per heavy atom. The number of rotatable bonds is 10. The van der Waals surface area contributed by atoms with Gasteiger partial charge in [0.25, 0.3) is 0 Å². The van der Waals surface area contributed by atoms with Crippen LogP contribution in [0.5, 0.6) is 0 Å². The second-order valence-electron chi connectivity index (χ2n) is 5.50. The van der Waals surface area contributed by atoms with E-state index in [9.17, 15) is 0 Å². The standard InChI is InChI=1S/C14H30N2O2/c1-7-9-11-17-13(3,4)15-16-14(5,6)18-12-10-8-2/h7-12H2,1-6H3. The molecule has 0 saturated carbocycles. The molecule has 0 atom stereocenters. The van der Waals surface area contributed by atoms with Crippen LogP contribution in [-0.2, 0) is 9.47 Å². The van der Waals surface area contributed by atoms with Gasteiger partial charge in [-0.15, -0.1) is 0 Å². The van der Waals surface area contributed by atoms with E-state index < -0.39 is 11.4 Å². The van der Waals surface area contributed by atoms with E-state index in [-0.39, 0.29) is 0 Å². The Bertz CT molecular complexity index is 214. The molecule has 108 valence electrons. The third-order valence-corrected chi connectivity index (χ3v) is 2.44. The monoisotopic (exact) mass is 258 g/mol. The number of hydrogen-bond acceptors (Lipinski definition) is 4. The minimum Gasteiger partial charge on any atom is -0.353 e. The molecule has 0 unspecified atom stereocenters. The van der Waals surface area contributed by atoms with Crippen LogP contribution in [0.4, 0.5) is 0 Å². The summed E-state index contributed by atoms with van der Waals surface area (Å²) in [5.41, 5.74) is -1.14. The zero-order valence-corrected chi connectivity index (χ0v) is 13.0. The highest BCUT2D eigenvalue weighted by Crippen LogP contribution is 2.18. The molecular formula is C14H30N2O2. The molecule has 0 aliphatic carbocycles. The molecule has 4 heteroatoms. The van der Waals surface area contributed by atoms with Crippen LogP contribution in [-0.4, -0.2) is 24.7 Å². The van der Waals surface area contributed by atoms with Crippen LogP contribution in [0, 0.1) is 0 Å². The molecule has 0 aliphatic heterocycles. The third kappa shape index (κ3) is 9.54. The zero-order valence-electron chi connectivity index (χ0n) is 13.0. The Hall–Kier alpha value is -0.480. The molecule has 0 aromatic carbocycles. The van der Waals surface area contributed by atoms with Crippen LogP contribution in [0.15, 0.2) is 10.2 Å². The lowest BCUT2D eigenvalue weighted by Crippen LogP contribution is -2.26. The largest absolute Gasteiger partial charge is 0.353 e. The maximum Gasteiger partial charge on any atom is 0.173 e. The molecule has 0 rings (SSSR count). The van der Waals surface area contributed by atoms with Gasteiger partial charge in [-0.05, 0) is 40.5 Å². The van der Waals surface area contributed by atoms with Gasteiger partial charge in [0.05, 0.1) is 0 Å². The summed E-state index contributed by atoms with van der Waals surface area (Å²) in [5.74, 6) is 0. The van der Waals surface area contributed by atoms with Crippen molar-refractivity contribution in [3.63, 3.8) is 0 Å². The number of unbranched alkanes of at least 4 members (excludes halogenated alkanes) is 2. The second-order valence-corrected chi connectivity index (χ2v) is 5.50. The molecule has 0 bridgehead atoms. The van der Waals surface area contributed by atoms with Crippen molar-refractivity contribution in [2.75, 3.05) is 13.2 Å². The first-order chi connectivity index (χ1) is 8.33. The normalized spacial score (nSPS) is 13.4. The summed E-state index contributed by atoms with van der Waals surface area (Å²) in [7, 11) is 0. The van der Waals surface area contributed by atoms with Gasteiger partial charge < -0.3 is 9.47 Å². The predicted molar refractivity (Wildman–Crippen MR) is 74.7 cm³/mol. The molecule has 0 N–H and O–H groups in total. The van der Waals surface area contributed by atoms with Gasteiger partial charge in [0.1, 0.15) is 0 Å². The molecule has 0 aromatic heterocycles. The van der Waals surface area contributed by atoms with Crippen LogP contribution >= 0.6 is 0 Å². The van der Waals surface area contributed by atoms with E-state index in [0.717, 1.165) is 38.9 Å². The minimum absolute atomic E-state index is 0.569. The SMILES string of the molecule is CCCCOC(C)(C)N=NC(C)(C)OCCCC. The van der Waals surface area contributed by atoms with Crippen molar-refractivity contribution in [1.82, 2.24) is 0 Å². The number of azo groups is 1. The average Bonchev–Trinajstić information content (AvgIpc) is 2.27. The summed E-state index contributed by atoms with van der Waals surface area (Å²) in [4.78, 5) is 0. The molecule has 0 fully saturated rings. The summed E-state index contributed by atoms with van der Waals surface area (Å²) in [6, 6.07) is 0. The van der Waals surface area contributed by atoms with Gasteiger partial charge in [-0.2, -0.15) is 10.2 Å².